The van der Waals surface area contributed by atoms with Crippen LogP contribution in [0.5, 0.6) is 11.5 Å². The maximum absolute atomic E-state index is 12.7. The van der Waals surface area contributed by atoms with Crippen molar-refractivity contribution in [1.29, 1.82) is 0 Å². The van der Waals surface area contributed by atoms with Crippen molar-refractivity contribution in [1.82, 2.24) is 0 Å². The molecule has 1 N–H and O–H groups in total. The molecule has 0 aliphatic rings. The van der Waals surface area contributed by atoms with Gasteiger partial charge in [0.15, 0.2) is 18.1 Å². The molecule has 0 spiro atoms. The van der Waals surface area contributed by atoms with Crippen LogP contribution in [0, 0.1) is 0 Å². The fourth-order valence-corrected chi connectivity index (χ4v) is 2.63. The fourth-order valence-electron chi connectivity index (χ4n) is 2.06. The molecule has 0 bridgehead atoms. The Balaban J connectivity index is 2.07. The minimum atomic E-state index is -4.50. The van der Waals surface area contributed by atoms with Crippen LogP contribution in [0.3, 0.4) is 0 Å². The number of ether oxygens (including phenoxy) is 2. The third-order valence-electron chi connectivity index (χ3n) is 3.21. The third-order valence-corrected chi connectivity index (χ3v) is 3.80. The second-order valence-corrected chi connectivity index (χ2v) is 5.92. The number of nitrogens with one attached hydrogen (secondary N) is 1. The van der Waals surface area contributed by atoms with Crippen molar-refractivity contribution in [2.24, 2.45) is 0 Å². The minimum Gasteiger partial charge on any atom is -0.493 e. The summed E-state index contributed by atoms with van der Waals surface area (Å²) in [6.45, 7) is -0.467. The predicted molar refractivity (Wildman–Crippen MR) is 91.7 cm³/mol. The summed E-state index contributed by atoms with van der Waals surface area (Å²) >= 11 is 3.21. The van der Waals surface area contributed by atoms with Gasteiger partial charge in [-0.15, -0.1) is 0 Å². The van der Waals surface area contributed by atoms with Gasteiger partial charge in [-0.2, -0.15) is 13.2 Å². The van der Waals surface area contributed by atoms with Gasteiger partial charge in [-0.1, -0.05) is 6.07 Å². The lowest BCUT2D eigenvalue weighted by Crippen LogP contribution is -2.20. The lowest BCUT2D eigenvalue weighted by Gasteiger charge is -2.13. The maximum Gasteiger partial charge on any atom is 0.416 e. The van der Waals surface area contributed by atoms with Crippen molar-refractivity contribution in [3.05, 3.63) is 52.0 Å². The van der Waals surface area contributed by atoms with E-state index in [9.17, 15) is 22.8 Å². The first kappa shape index (κ1) is 19.8. The van der Waals surface area contributed by atoms with Crippen LogP contribution < -0.4 is 14.8 Å². The predicted octanol–water partition coefficient (Wildman–Crippen LogP) is 4.31. The fraction of sp³-hybridized carbons (Fsp3) is 0.176. The Morgan fingerprint density at radius 2 is 2.00 bits per heavy atom. The van der Waals surface area contributed by atoms with Crippen LogP contribution in [0.2, 0.25) is 0 Å². The quantitative estimate of drug-likeness (QED) is 0.692. The van der Waals surface area contributed by atoms with E-state index in [0.717, 1.165) is 12.1 Å². The van der Waals surface area contributed by atoms with Gasteiger partial charge in [-0.3, -0.25) is 9.59 Å². The molecule has 0 unspecified atom stereocenters. The number of hydrogen-bond donors (Lipinski definition) is 1. The van der Waals surface area contributed by atoms with Gasteiger partial charge in [0.1, 0.15) is 6.29 Å². The summed E-state index contributed by atoms with van der Waals surface area (Å²) in [7, 11) is 1.37. The van der Waals surface area contributed by atoms with Crippen molar-refractivity contribution in [2.45, 2.75) is 6.18 Å². The average Bonchev–Trinajstić information content (AvgIpc) is 2.59. The van der Waals surface area contributed by atoms with Crippen LogP contribution >= 0.6 is 15.9 Å². The Morgan fingerprint density at radius 1 is 1.27 bits per heavy atom. The van der Waals surface area contributed by atoms with E-state index in [4.69, 9.17) is 9.47 Å². The first-order valence-corrected chi connectivity index (χ1v) is 7.96. The Kier molecular flexibility index (Phi) is 6.25. The molecular weight excluding hydrogens is 419 g/mol. The molecule has 0 aliphatic heterocycles. The number of halogens is 4. The van der Waals surface area contributed by atoms with Gasteiger partial charge in [0.25, 0.3) is 5.91 Å². The van der Waals surface area contributed by atoms with E-state index < -0.39 is 24.3 Å². The minimum absolute atomic E-state index is 0.00393. The molecule has 5 nitrogen and oxygen atoms in total. The number of benzene rings is 2. The average molecular weight is 432 g/mol. The van der Waals surface area contributed by atoms with Gasteiger partial charge in [0, 0.05) is 11.3 Å². The van der Waals surface area contributed by atoms with Crippen molar-refractivity contribution in [2.75, 3.05) is 19.0 Å². The van der Waals surface area contributed by atoms with E-state index in [1.165, 1.54) is 31.4 Å². The molecule has 138 valence electrons. The molecule has 0 fully saturated rings. The summed E-state index contributed by atoms with van der Waals surface area (Å²) in [5.74, 6) is -0.233. The van der Waals surface area contributed by atoms with Gasteiger partial charge in [0.05, 0.1) is 17.1 Å². The van der Waals surface area contributed by atoms with Crippen molar-refractivity contribution in [3.8, 4) is 11.5 Å². The Labute approximate surface area is 155 Å². The van der Waals surface area contributed by atoms with Gasteiger partial charge >= 0.3 is 6.18 Å². The highest BCUT2D eigenvalue weighted by Gasteiger charge is 2.30. The van der Waals surface area contributed by atoms with Crippen LogP contribution in [0.25, 0.3) is 0 Å². The molecule has 0 atom stereocenters. The van der Waals surface area contributed by atoms with Crippen molar-refractivity contribution < 1.29 is 32.2 Å². The largest absolute Gasteiger partial charge is 0.493 e. The Morgan fingerprint density at radius 3 is 2.62 bits per heavy atom. The van der Waals surface area contributed by atoms with E-state index in [1.807, 2.05) is 0 Å². The van der Waals surface area contributed by atoms with E-state index in [-0.39, 0.29) is 17.2 Å². The summed E-state index contributed by atoms with van der Waals surface area (Å²) in [5, 5.41) is 2.33. The van der Waals surface area contributed by atoms with Gasteiger partial charge in [0.2, 0.25) is 0 Å². The zero-order chi connectivity index (χ0) is 19.3. The SMILES string of the molecule is COc1cc(C=O)cc(Br)c1OCC(=O)Nc1cccc(C(F)(F)F)c1. The molecule has 2 rings (SSSR count). The zero-order valence-electron chi connectivity index (χ0n) is 13.4. The lowest BCUT2D eigenvalue weighted by molar-refractivity contribution is -0.137. The maximum atomic E-state index is 12.7. The summed E-state index contributed by atoms with van der Waals surface area (Å²) in [6, 6.07) is 7.17. The second kappa shape index (κ2) is 8.22. The highest BCUT2D eigenvalue weighted by molar-refractivity contribution is 9.10. The highest BCUT2D eigenvalue weighted by Crippen LogP contribution is 2.36. The van der Waals surface area contributed by atoms with Crippen LogP contribution in [0.4, 0.5) is 18.9 Å². The number of aldehydes is 1. The Bertz CT molecular complexity index is 824. The number of carbonyl (C=O) groups excluding carboxylic acids is 2. The number of methoxy groups -OCH3 is 1. The van der Waals surface area contributed by atoms with Gasteiger partial charge in [-0.05, 0) is 46.3 Å². The standard InChI is InChI=1S/C17H13BrF3NO4/c1-25-14-6-10(8-23)5-13(18)16(14)26-9-15(24)22-12-4-2-3-11(7-12)17(19,20)21/h2-8H,9H2,1H3,(H,22,24). The van der Waals surface area contributed by atoms with Crippen LogP contribution in [0.1, 0.15) is 15.9 Å². The number of carbonyl (C=O) groups is 2. The first-order chi connectivity index (χ1) is 12.2. The number of amides is 1. The van der Waals surface area contributed by atoms with E-state index in [2.05, 4.69) is 21.2 Å². The number of hydrogen-bond acceptors (Lipinski definition) is 4. The Hall–Kier alpha value is -2.55. The number of anilines is 1. The van der Waals surface area contributed by atoms with Crippen LogP contribution in [0.15, 0.2) is 40.9 Å². The zero-order valence-corrected chi connectivity index (χ0v) is 15.0. The molecule has 9 heteroatoms. The van der Waals surface area contributed by atoms with Gasteiger partial charge < -0.3 is 14.8 Å². The summed E-state index contributed by atoms with van der Waals surface area (Å²) < 4.78 is 48.9. The van der Waals surface area contributed by atoms with Crippen LogP contribution in [-0.2, 0) is 11.0 Å². The van der Waals surface area contributed by atoms with Crippen molar-refractivity contribution in [3.63, 3.8) is 0 Å². The summed E-state index contributed by atoms with van der Waals surface area (Å²) in [6.07, 6.45) is -3.88. The monoisotopic (exact) mass is 431 g/mol. The van der Waals surface area contributed by atoms with Crippen molar-refractivity contribution >= 4 is 33.8 Å². The normalized spacial score (nSPS) is 11.0. The molecule has 2 aromatic carbocycles. The third kappa shape index (κ3) is 4.98. The van der Waals surface area contributed by atoms with E-state index in [0.29, 0.717) is 16.3 Å². The van der Waals surface area contributed by atoms with Gasteiger partial charge in [-0.25, -0.2) is 0 Å². The summed E-state index contributed by atoms with van der Waals surface area (Å²) in [4.78, 5) is 22.8. The molecule has 1 amide bonds. The topological polar surface area (TPSA) is 64.6 Å². The number of alkyl halides is 3. The molecule has 0 aliphatic carbocycles. The molecule has 0 saturated carbocycles. The molecule has 0 heterocycles. The van der Waals surface area contributed by atoms with Crippen LogP contribution in [-0.4, -0.2) is 25.9 Å². The molecule has 0 radical (unpaired) electrons. The number of rotatable bonds is 6. The summed E-state index contributed by atoms with van der Waals surface area (Å²) in [5.41, 5.74) is -0.532. The molecule has 2 aromatic rings. The smallest absolute Gasteiger partial charge is 0.416 e. The molecular formula is C17H13BrF3NO4. The highest BCUT2D eigenvalue weighted by atomic mass is 79.9. The molecule has 26 heavy (non-hydrogen) atoms. The molecule has 0 aromatic heterocycles. The van der Waals surface area contributed by atoms with E-state index >= 15 is 0 Å². The second-order valence-electron chi connectivity index (χ2n) is 5.07. The first-order valence-electron chi connectivity index (χ1n) is 7.17. The van der Waals surface area contributed by atoms with E-state index in [1.54, 1.807) is 0 Å². The lowest BCUT2D eigenvalue weighted by atomic mass is 10.2. The molecule has 0 saturated heterocycles.